The van der Waals surface area contributed by atoms with Crippen LogP contribution in [0.15, 0.2) is 30.6 Å². The van der Waals surface area contributed by atoms with Crippen LogP contribution in [-0.4, -0.2) is 17.0 Å². The lowest BCUT2D eigenvalue weighted by atomic mass is 9.96. The van der Waals surface area contributed by atoms with E-state index in [-0.39, 0.29) is 6.04 Å². The largest absolute Gasteiger partial charge is 0.309 e. The minimum absolute atomic E-state index is 0.145. The lowest BCUT2D eigenvalue weighted by Gasteiger charge is -2.20. The average molecular weight is 241 g/mol. The number of aromatic nitrogens is 2. The molecule has 0 bridgehead atoms. The molecule has 0 saturated carbocycles. The van der Waals surface area contributed by atoms with Gasteiger partial charge in [0.15, 0.2) is 0 Å². The second-order valence-electron chi connectivity index (χ2n) is 4.58. The zero-order chi connectivity index (χ0) is 13.1. The monoisotopic (exact) mass is 241 g/mol. The lowest BCUT2D eigenvalue weighted by Crippen LogP contribution is -2.20. The fraction of sp³-hybridized carbons (Fsp3) is 0.333. The molecule has 0 amide bonds. The molecule has 0 radical (unpaired) electrons. The molecule has 0 aliphatic carbocycles. The third-order valence-electron chi connectivity index (χ3n) is 3.26. The highest BCUT2D eigenvalue weighted by Gasteiger charge is 2.16. The summed E-state index contributed by atoms with van der Waals surface area (Å²) in [6.45, 7) is 6.18. The molecular weight excluding hydrogens is 222 g/mol. The van der Waals surface area contributed by atoms with Crippen LogP contribution in [0.25, 0.3) is 0 Å². The SMILES string of the molecule is CNC(c1cnccc1C)c1ccc(C)nc1C. The summed E-state index contributed by atoms with van der Waals surface area (Å²) in [6.07, 6.45) is 3.75. The average Bonchev–Trinajstić information content (AvgIpc) is 2.34. The van der Waals surface area contributed by atoms with Crippen LogP contribution in [0.4, 0.5) is 0 Å². The summed E-state index contributed by atoms with van der Waals surface area (Å²) < 4.78 is 0. The minimum atomic E-state index is 0.145. The van der Waals surface area contributed by atoms with Crippen molar-refractivity contribution >= 4 is 0 Å². The van der Waals surface area contributed by atoms with Gasteiger partial charge in [-0.1, -0.05) is 6.07 Å². The van der Waals surface area contributed by atoms with E-state index in [1.165, 1.54) is 16.7 Å². The van der Waals surface area contributed by atoms with E-state index in [2.05, 4.69) is 41.3 Å². The van der Waals surface area contributed by atoms with Crippen LogP contribution in [0, 0.1) is 20.8 Å². The second-order valence-corrected chi connectivity index (χ2v) is 4.58. The maximum atomic E-state index is 4.54. The molecule has 0 aliphatic rings. The summed E-state index contributed by atoms with van der Waals surface area (Å²) in [6, 6.07) is 6.38. The van der Waals surface area contributed by atoms with E-state index in [4.69, 9.17) is 0 Å². The number of hydrogen-bond acceptors (Lipinski definition) is 3. The van der Waals surface area contributed by atoms with Crippen LogP contribution in [0.2, 0.25) is 0 Å². The van der Waals surface area contributed by atoms with Crippen molar-refractivity contribution < 1.29 is 0 Å². The Labute approximate surface area is 108 Å². The standard InChI is InChI=1S/C15H19N3/c1-10-7-8-17-9-14(10)15(16-4)13-6-5-11(2)18-12(13)3/h5-9,15-16H,1-4H3. The van der Waals surface area contributed by atoms with E-state index in [9.17, 15) is 0 Å². The first-order chi connectivity index (χ1) is 8.63. The summed E-state index contributed by atoms with van der Waals surface area (Å²) in [5.41, 5.74) is 5.77. The Bertz CT molecular complexity index is 549. The van der Waals surface area contributed by atoms with Gasteiger partial charge in [-0.2, -0.15) is 0 Å². The fourth-order valence-electron chi connectivity index (χ4n) is 2.26. The van der Waals surface area contributed by atoms with Crippen molar-refractivity contribution in [2.24, 2.45) is 0 Å². The van der Waals surface area contributed by atoms with E-state index < -0.39 is 0 Å². The van der Waals surface area contributed by atoms with Crippen LogP contribution >= 0.6 is 0 Å². The molecule has 2 rings (SSSR count). The van der Waals surface area contributed by atoms with Crippen molar-refractivity contribution in [1.82, 2.24) is 15.3 Å². The van der Waals surface area contributed by atoms with Crippen LogP contribution in [0.5, 0.6) is 0 Å². The summed E-state index contributed by atoms with van der Waals surface area (Å²) in [5, 5.41) is 3.36. The van der Waals surface area contributed by atoms with Crippen LogP contribution in [0.3, 0.4) is 0 Å². The molecule has 0 fully saturated rings. The maximum absolute atomic E-state index is 4.54. The van der Waals surface area contributed by atoms with E-state index in [0.29, 0.717) is 0 Å². The van der Waals surface area contributed by atoms with Crippen LogP contribution in [0.1, 0.15) is 34.1 Å². The molecule has 0 spiro atoms. The van der Waals surface area contributed by atoms with Gasteiger partial charge in [-0.3, -0.25) is 9.97 Å². The Balaban J connectivity index is 2.49. The highest BCUT2D eigenvalue weighted by atomic mass is 14.9. The van der Waals surface area contributed by atoms with E-state index in [0.717, 1.165) is 11.4 Å². The van der Waals surface area contributed by atoms with E-state index in [1.54, 1.807) is 0 Å². The normalized spacial score (nSPS) is 12.4. The quantitative estimate of drug-likeness (QED) is 0.897. The van der Waals surface area contributed by atoms with Crippen molar-refractivity contribution in [1.29, 1.82) is 0 Å². The van der Waals surface area contributed by atoms with Gasteiger partial charge in [-0.25, -0.2) is 0 Å². The maximum Gasteiger partial charge on any atom is 0.0610 e. The first-order valence-electron chi connectivity index (χ1n) is 6.15. The van der Waals surface area contributed by atoms with Gasteiger partial charge in [-0.15, -0.1) is 0 Å². The summed E-state index contributed by atoms with van der Waals surface area (Å²) in [7, 11) is 1.97. The van der Waals surface area contributed by atoms with Gasteiger partial charge >= 0.3 is 0 Å². The zero-order valence-electron chi connectivity index (χ0n) is 11.4. The Hall–Kier alpha value is -1.74. The molecule has 0 aromatic carbocycles. The van der Waals surface area contributed by atoms with Gasteiger partial charge in [0.05, 0.1) is 6.04 Å². The molecule has 0 aliphatic heterocycles. The van der Waals surface area contributed by atoms with Crippen LogP contribution < -0.4 is 5.32 Å². The molecule has 0 saturated heterocycles. The smallest absolute Gasteiger partial charge is 0.0610 e. The van der Waals surface area contributed by atoms with E-state index >= 15 is 0 Å². The first-order valence-corrected chi connectivity index (χ1v) is 6.15. The lowest BCUT2D eigenvalue weighted by molar-refractivity contribution is 0.675. The van der Waals surface area contributed by atoms with Gasteiger partial charge in [0, 0.05) is 23.8 Å². The van der Waals surface area contributed by atoms with Gasteiger partial charge in [-0.05, 0) is 56.6 Å². The van der Waals surface area contributed by atoms with Gasteiger partial charge in [0.2, 0.25) is 0 Å². The number of aryl methyl sites for hydroxylation is 3. The van der Waals surface area contributed by atoms with E-state index in [1.807, 2.05) is 32.4 Å². The first kappa shape index (κ1) is 12.7. The molecule has 1 N–H and O–H groups in total. The van der Waals surface area contributed by atoms with Crippen molar-refractivity contribution in [2.45, 2.75) is 26.8 Å². The Morgan fingerprint density at radius 1 is 1.06 bits per heavy atom. The van der Waals surface area contributed by atoms with Crippen molar-refractivity contribution in [3.8, 4) is 0 Å². The number of nitrogens with one attached hydrogen (secondary N) is 1. The number of hydrogen-bond donors (Lipinski definition) is 1. The highest BCUT2D eigenvalue weighted by Crippen LogP contribution is 2.25. The molecule has 18 heavy (non-hydrogen) atoms. The van der Waals surface area contributed by atoms with Gasteiger partial charge in [0.25, 0.3) is 0 Å². The van der Waals surface area contributed by atoms with Crippen LogP contribution in [-0.2, 0) is 0 Å². The molecule has 2 aromatic rings. The molecule has 1 unspecified atom stereocenters. The molecule has 94 valence electrons. The second kappa shape index (κ2) is 5.27. The molecule has 2 aromatic heterocycles. The van der Waals surface area contributed by atoms with Crippen molar-refractivity contribution in [3.63, 3.8) is 0 Å². The molecule has 1 atom stereocenters. The summed E-state index contributed by atoms with van der Waals surface area (Å²) in [5.74, 6) is 0. The van der Waals surface area contributed by atoms with Crippen molar-refractivity contribution in [2.75, 3.05) is 7.05 Å². The Morgan fingerprint density at radius 3 is 2.44 bits per heavy atom. The number of nitrogens with zero attached hydrogens (tertiary/aromatic N) is 2. The zero-order valence-corrected chi connectivity index (χ0v) is 11.4. The topological polar surface area (TPSA) is 37.8 Å². The number of pyridine rings is 2. The Kier molecular flexibility index (Phi) is 3.72. The predicted molar refractivity (Wildman–Crippen MR) is 73.6 cm³/mol. The van der Waals surface area contributed by atoms with Gasteiger partial charge < -0.3 is 5.32 Å². The third-order valence-corrected chi connectivity index (χ3v) is 3.26. The molecular formula is C15H19N3. The minimum Gasteiger partial charge on any atom is -0.309 e. The molecule has 3 heteroatoms. The van der Waals surface area contributed by atoms with Crippen molar-refractivity contribution in [3.05, 3.63) is 58.7 Å². The fourth-order valence-corrected chi connectivity index (χ4v) is 2.26. The number of rotatable bonds is 3. The summed E-state index contributed by atoms with van der Waals surface area (Å²) in [4.78, 5) is 8.76. The molecule has 3 nitrogen and oxygen atoms in total. The highest BCUT2D eigenvalue weighted by molar-refractivity contribution is 5.37. The summed E-state index contributed by atoms with van der Waals surface area (Å²) >= 11 is 0. The Morgan fingerprint density at radius 2 is 1.83 bits per heavy atom. The predicted octanol–water partition coefficient (Wildman–Crippen LogP) is 2.71. The third kappa shape index (κ3) is 2.41. The molecule has 2 heterocycles. The van der Waals surface area contributed by atoms with Gasteiger partial charge in [0.1, 0.15) is 0 Å².